The van der Waals surface area contributed by atoms with Crippen molar-refractivity contribution in [1.82, 2.24) is 5.32 Å². The molecular formula is C19H19Cl2N3O3. The van der Waals surface area contributed by atoms with Crippen molar-refractivity contribution in [2.75, 3.05) is 18.0 Å². The number of fused-ring (bicyclic) bond motifs is 1. The Hall–Kier alpha value is -2.28. The number of amides is 2. The monoisotopic (exact) mass is 407 g/mol. The number of anilines is 1. The number of nitrogens with zero attached hydrogens (tertiary/aromatic N) is 1. The lowest BCUT2D eigenvalue weighted by Crippen LogP contribution is -2.51. The summed E-state index contributed by atoms with van der Waals surface area (Å²) in [6, 6.07) is 12.1. The Morgan fingerprint density at radius 2 is 2.04 bits per heavy atom. The highest BCUT2D eigenvalue weighted by Gasteiger charge is 2.32. The summed E-state index contributed by atoms with van der Waals surface area (Å²) < 4.78 is 5.58. The van der Waals surface area contributed by atoms with Gasteiger partial charge in [0.25, 0.3) is 5.91 Å². The summed E-state index contributed by atoms with van der Waals surface area (Å²) in [5.74, 6) is -0.361. The number of carbonyl (C=O) groups is 2. The molecular weight excluding hydrogens is 389 g/mol. The van der Waals surface area contributed by atoms with Crippen LogP contribution in [-0.2, 0) is 9.59 Å². The molecule has 8 heteroatoms. The van der Waals surface area contributed by atoms with Gasteiger partial charge in [-0.3, -0.25) is 9.59 Å². The predicted octanol–water partition coefficient (Wildman–Crippen LogP) is 2.92. The Bertz CT molecular complexity index is 875. The van der Waals surface area contributed by atoms with Crippen LogP contribution in [0.4, 0.5) is 5.69 Å². The van der Waals surface area contributed by atoms with Gasteiger partial charge in [-0.25, -0.2) is 0 Å². The summed E-state index contributed by atoms with van der Waals surface area (Å²) in [4.78, 5) is 25.9. The molecule has 2 unspecified atom stereocenters. The normalized spacial score (nSPS) is 17.0. The lowest BCUT2D eigenvalue weighted by atomic mass is 10.1. The van der Waals surface area contributed by atoms with E-state index in [1.807, 2.05) is 13.0 Å². The standard InChI is InChI=1S/C19H19Cl2N3O3/c1-11(13-7-6-12(20)8-14(13)21)23-9-18(25)24-10-17(19(22)26)27-16-5-3-2-4-15(16)24/h2-8,11,17,23H,9-10H2,1H3,(H2,22,26). The molecule has 0 spiro atoms. The predicted molar refractivity (Wildman–Crippen MR) is 105 cm³/mol. The zero-order valence-electron chi connectivity index (χ0n) is 14.6. The van der Waals surface area contributed by atoms with Crippen LogP contribution >= 0.6 is 23.2 Å². The summed E-state index contributed by atoms with van der Waals surface area (Å²) in [6.07, 6.45) is -0.882. The minimum atomic E-state index is -0.882. The van der Waals surface area contributed by atoms with Crippen LogP contribution in [-0.4, -0.2) is 31.0 Å². The van der Waals surface area contributed by atoms with Gasteiger partial charge in [0.15, 0.2) is 6.10 Å². The number of nitrogens with two attached hydrogens (primary N) is 1. The summed E-state index contributed by atoms with van der Waals surface area (Å²) in [6.45, 7) is 2.03. The number of primary amides is 1. The minimum Gasteiger partial charge on any atom is -0.477 e. The van der Waals surface area contributed by atoms with E-state index in [2.05, 4.69) is 5.32 Å². The molecule has 0 fully saturated rings. The minimum absolute atomic E-state index is 0.0555. The Balaban J connectivity index is 1.72. The van der Waals surface area contributed by atoms with Crippen molar-refractivity contribution in [3.05, 3.63) is 58.1 Å². The van der Waals surface area contributed by atoms with Crippen LogP contribution in [0.15, 0.2) is 42.5 Å². The van der Waals surface area contributed by atoms with E-state index in [0.29, 0.717) is 21.5 Å². The van der Waals surface area contributed by atoms with E-state index in [1.165, 1.54) is 4.90 Å². The lowest BCUT2D eigenvalue weighted by Gasteiger charge is -2.33. The van der Waals surface area contributed by atoms with Gasteiger partial charge in [0.1, 0.15) is 5.75 Å². The summed E-state index contributed by atoms with van der Waals surface area (Å²) in [5, 5.41) is 4.23. The van der Waals surface area contributed by atoms with E-state index in [-0.39, 0.29) is 25.0 Å². The summed E-state index contributed by atoms with van der Waals surface area (Å²) in [7, 11) is 0. The Morgan fingerprint density at radius 3 is 2.74 bits per heavy atom. The molecule has 27 heavy (non-hydrogen) atoms. The zero-order chi connectivity index (χ0) is 19.6. The molecule has 2 amide bonds. The molecule has 0 aromatic heterocycles. The highest BCUT2D eigenvalue weighted by atomic mass is 35.5. The SMILES string of the molecule is CC(NCC(=O)N1CC(C(N)=O)Oc2ccccc21)c1ccc(Cl)cc1Cl. The molecule has 0 saturated carbocycles. The molecule has 1 aliphatic rings. The smallest absolute Gasteiger partial charge is 0.260 e. The van der Waals surface area contributed by atoms with Gasteiger partial charge < -0.3 is 20.7 Å². The van der Waals surface area contributed by atoms with E-state index in [9.17, 15) is 9.59 Å². The van der Waals surface area contributed by atoms with Gasteiger partial charge in [-0.15, -0.1) is 0 Å². The number of rotatable bonds is 5. The van der Waals surface area contributed by atoms with E-state index < -0.39 is 12.0 Å². The molecule has 2 aromatic rings. The topological polar surface area (TPSA) is 84.7 Å². The van der Waals surface area contributed by atoms with Crippen LogP contribution in [0.2, 0.25) is 10.0 Å². The largest absolute Gasteiger partial charge is 0.477 e. The Labute approximate surface area is 167 Å². The maximum Gasteiger partial charge on any atom is 0.260 e. The fraction of sp³-hybridized carbons (Fsp3) is 0.263. The van der Waals surface area contributed by atoms with Crippen molar-refractivity contribution >= 4 is 40.7 Å². The molecule has 0 saturated heterocycles. The molecule has 0 aliphatic carbocycles. The van der Waals surface area contributed by atoms with Gasteiger partial charge >= 0.3 is 0 Å². The molecule has 6 nitrogen and oxygen atoms in total. The molecule has 0 radical (unpaired) electrons. The summed E-state index contributed by atoms with van der Waals surface area (Å²) in [5.41, 5.74) is 6.82. The first-order chi connectivity index (χ1) is 12.9. The van der Waals surface area contributed by atoms with E-state index in [0.717, 1.165) is 5.56 Å². The van der Waals surface area contributed by atoms with Gasteiger partial charge in [0, 0.05) is 16.1 Å². The van der Waals surface area contributed by atoms with Gasteiger partial charge in [0.05, 0.1) is 18.8 Å². The Morgan fingerprint density at radius 1 is 1.30 bits per heavy atom. The molecule has 2 atom stereocenters. The lowest BCUT2D eigenvalue weighted by molar-refractivity contribution is -0.125. The van der Waals surface area contributed by atoms with E-state index in [4.69, 9.17) is 33.7 Å². The second-order valence-corrected chi connectivity index (χ2v) is 7.09. The number of hydrogen-bond acceptors (Lipinski definition) is 4. The van der Waals surface area contributed by atoms with Gasteiger partial charge in [-0.05, 0) is 36.8 Å². The van der Waals surface area contributed by atoms with Gasteiger partial charge in [-0.2, -0.15) is 0 Å². The number of para-hydroxylation sites is 2. The van der Waals surface area contributed by atoms with E-state index >= 15 is 0 Å². The number of halogens is 2. The van der Waals surface area contributed by atoms with Crippen molar-refractivity contribution in [2.45, 2.75) is 19.1 Å². The van der Waals surface area contributed by atoms with Crippen LogP contribution in [0.25, 0.3) is 0 Å². The van der Waals surface area contributed by atoms with E-state index in [1.54, 1.807) is 36.4 Å². The third-order valence-electron chi connectivity index (χ3n) is 4.38. The number of nitrogens with one attached hydrogen (secondary N) is 1. The molecule has 0 bridgehead atoms. The quantitative estimate of drug-likeness (QED) is 0.797. The highest BCUT2D eigenvalue weighted by molar-refractivity contribution is 6.35. The second-order valence-electron chi connectivity index (χ2n) is 6.25. The average Bonchev–Trinajstić information content (AvgIpc) is 2.64. The van der Waals surface area contributed by atoms with Crippen LogP contribution in [0.5, 0.6) is 5.75 Å². The average molecular weight is 408 g/mol. The Kier molecular flexibility index (Phi) is 5.89. The highest BCUT2D eigenvalue weighted by Crippen LogP contribution is 2.33. The molecule has 3 rings (SSSR count). The van der Waals surface area contributed by atoms with Crippen LogP contribution in [0.3, 0.4) is 0 Å². The van der Waals surface area contributed by atoms with Gasteiger partial charge in [0.2, 0.25) is 5.91 Å². The van der Waals surface area contributed by atoms with Gasteiger partial charge in [-0.1, -0.05) is 41.4 Å². The van der Waals surface area contributed by atoms with Crippen molar-refractivity contribution < 1.29 is 14.3 Å². The fourth-order valence-electron chi connectivity index (χ4n) is 2.92. The number of carbonyl (C=O) groups excluding carboxylic acids is 2. The van der Waals surface area contributed by atoms with Crippen LogP contribution in [0.1, 0.15) is 18.5 Å². The fourth-order valence-corrected chi connectivity index (χ4v) is 3.49. The second kappa shape index (κ2) is 8.17. The molecule has 1 heterocycles. The van der Waals surface area contributed by atoms with Crippen LogP contribution in [0, 0.1) is 0 Å². The summed E-state index contributed by atoms with van der Waals surface area (Å²) >= 11 is 12.1. The zero-order valence-corrected chi connectivity index (χ0v) is 16.1. The third-order valence-corrected chi connectivity index (χ3v) is 4.94. The first kappa shape index (κ1) is 19.5. The first-order valence-corrected chi connectivity index (χ1v) is 9.16. The van der Waals surface area contributed by atoms with Crippen molar-refractivity contribution in [3.8, 4) is 5.75 Å². The molecule has 3 N–H and O–H groups in total. The number of hydrogen-bond donors (Lipinski definition) is 2. The van der Waals surface area contributed by atoms with Crippen LogP contribution < -0.4 is 20.7 Å². The maximum atomic E-state index is 12.8. The molecule has 2 aromatic carbocycles. The number of ether oxygens (including phenoxy) is 1. The van der Waals surface area contributed by atoms with Crippen molar-refractivity contribution in [3.63, 3.8) is 0 Å². The number of benzene rings is 2. The molecule has 1 aliphatic heterocycles. The van der Waals surface area contributed by atoms with Crippen molar-refractivity contribution in [1.29, 1.82) is 0 Å². The maximum absolute atomic E-state index is 12.8. The molecule has 142 valence electrons. The first-order valence-electron chi connectivity index (χ1n) is 8.40. The van der Waals surface area contributed by atoms with Crippen molar-refractivity contribution in [2.24, 2.45) is 5.73 Å². The third kappa shape index (κ3) is 4.35.